The maximum atomic E-state index is 12.3. The normalized spacial score (nSPS) is 14.1. The third kappa shape index (κ3) is 4.39. The number of carbonyl (C=O) groups is 1. The van der Waals surface area contributed by atoms with Crippen molar-refractivity contribution in [3.63, 3.8) is 0 Å². The van der Waals surface area contributed by atoms with Gasteiger partial charge in [-0.25, -0.2) is 4.79 Å². The Morgan fingerprint density at radius 2 is 2.04 bits per heavy atom. The second-order valence-corrected chi connectivity index (χ2v) is 6.35. The minimum Gasteiger partial charge on any atom is -0.486 e. The zero-order valence-corrected chi connectivity index (χ0v) is 16.1. The Morgan fingerprint density at radius 3 is 2.74 bits per heavy atom. The van der Waals surface area contributed by atoms with E-state index in [0.29, 0.717) is 56.7 Å². The van der Waals surface area contributed by atoms with Crippen LogP contribution in [0.1, 0.15) is 19.7 Å². The number of hydrogen-bond donors (Lipinski definition) is 0. The number of rotatable bonds is 8. The summed E-state index contributed by atoms with van der Waals surface area (Å²) in [5.74, 6) is 1.70. The van der Waals surface area contributed by atoms with Crippen LogP contribution in [-0.4, -0.2) is 72.0 Å². The molecule has 1 saturated heterocycles. The molecule has 1 aliphatic rings. The summed E-state index contributed by atoms with van der Waals surface area (Å²) < 4.78 is 16.5. The summed E-state index contributed by atoms with van der Waals surface area (Å²) in [4.78, 5) is 20.3. The smallest absolute Gasteiger partial charge is 0.320 e. The molecule has 8 heteroatoms. The summed E-state index contributed by atoms with van der Waals surface area (Å²) >= 11 is 0. The molecule has 1 fully saturated rings. The van der Waals surface area contributed by atoms with Gasteiger partial charge in [-0.15, -0.1) is 0 Å². The van der Waals surface area contributed by atoms with Gasteiger partial charge < -0.3 is 23.8 Å². The highest BCUT2D eigenvalue weighted by molar-refractivity contribution is 5.75. The van der Waals surface area contributed by atoms with E-state index in [1.165, 1.54) is 0 Å². The van der Waals surface area contributed by atoms with Gasteiger partial charge in [0.1, 0.15) is 11.9 Å². The first-order chi connectivity index (χ1) is 13.2. The van der Waals surface area contributed by atoms with Crippen LogP contribution in [-0.2, 0) is 11.2 Å². The maximum Gasteiger partial charge on any atom is 0.320 e. The van der Waals surface area contributed by atoms with Gasteiger partial charge in [0.15, 0.2) is 5.82 Å². The summed E-state index contributed by atoms with van der Waals surface area (Å²) in [6.45, 7) is 7.08. The third-order valence-electron chi connectivity index (χ3n) is 4.56. The van der Waals surface area contributed by atoms with Gasteiger partial charge in [-0.2, -0.15) is 4.98 Å². The molecular weight excluding hydrogens is 348 g/mol. The van der Waals surface area contributed by atoms with E-state index in [1.807, 2.05) is 43.0 Å². The molecule has 0 unspecified atom stereocenters. The lowest BCUT2D eigenvalue weighted by Crippen LogP contribution is -2.59. The van der Waals surface area contributed by atoms with E-state index >= 15 is 0 Å². The fraction of sp³-hybridized carbons (Fsp3) is 0.526. The Balaban J connectivity index is 1.63. The zero-order valence-electron chi connectivity index (χ0n) is 16.1. The topological polar surface area (TPSA) is 80.9 Å². The van der Waals surface area contributed by atoms with Gasteiger partial charge in [0.05, 0.1) is 25.3 Å². The molecule has 27 heavy (non-hydrogen) atoms. The highest BCUT2D eigenvalue weighted by atomic mass is 16.5. The lowest BCUT2D eigenvalue weighted by atomic mass is 10.1. The Labute approximate surface area is 159 Å². The van der Waals surface area contributed by atoms with Crippen LogP contribution in [0.4, 0.5) is 4.79 Å². The van der Waals surface area contributed by atoms with Gasteiger partial charge in [0.25, 0.3) is 5.89 Å². The first-order valence-corrected chi connectivity index (χ1v) is 9.27. The van der Waals surface area contributed by atoms with E-state index in [4.69, 9.17) is 14.0 Å². The standard InChI is InChI=1S/C19H26N4O4/c1-4-22(5-2)19(24)23-12-14(13-23)26-16-9-7-6-8-15(16)18-20-17(21-27-18)10-11-25-3/h6-9,14H,4-5,10-13H2,1-3H3. The van der Waals surface area contributed by atoms with E-state index < -0.39 is 0 Å². The van der Waals surface area contributed by atoms with Crippen LogP contribution < -0.4 is 4.74 Å². The van der Waals surface area contributed by atoms with Crippen LogP contribution in [0.25, 0.3) is 11.5 Å². The van der Waals surface area contributed by atoms with Crippen molar-refractivity contribution in [3.8, 4) is 17.2 Å². The fourth-order valence-corrected chi connectivity index (χ4v) is 2.95. The number of aromatic nitrogens is 2. The van der Waals surface area contributed by atoms with E-state index in [0.717, 1.165) is 5.56 Å². The Morgan fingerprint density at radius 1 is 1.30 bits per heavy atom. The van der Waals surface area contributed by atoms with Gasteiger partial charge in [-0.1, -0.05) is 17.3 Å². The molecule has 0 saturated carbocycles. The number of nitrogens with zero attached hydrogens (tertiary/aromatic N) is 4. The summed E-state index contributed by atoms with van der Waals surface area (Å²) in [6.07, 6.45) is 0.551. The van der Waals surface area contributed by atoms with E-state index in [2.05, 4.69) is 10.1 Å². The Kier molecular flexibility index (Phi) is 6.28. The van der Waals surface area contributed by atoms with Crippen LogP contribution in [0, 0.1) is 0 Å². The summed E-state index contributed by atoms with van der Waals surface area (Å²) in [5, 5.41) is 3.98. The molecule has 0 radical (unpaired) electrons. The number of methoxy groups -OCH3 is 1. The van der Waals surface area contributed by atoms with Crippen molar-refractivity contribution in [1.29, 1.82) is 0 Å². The van der Waals surface area contributed by atoms with Gasteiger partial charge >= 0.3 is 6.03 Å². The van der Waals surface area contributed by atoms with Gasteiger partial charge in [0.2, 0.25) is 0 Å². The van der Waals surface area contributed by atoms with Crippen molar-refractivity contribution in [2.75, 3.05) is 39.9 Å². The molecule has 146 valence electrons. The molecule has 0 atom stereocenters. The molecule has 1 aliphatic heterocycles. The van der Waals surface area contributed by atoms with Gasteiger partial charge in [-0.3, -0.25) is 0 Å². The lowest BCUT2D eigenvalue weighted by molar-refractivity contribution is 0.0321. The molecule has 3 rings (SSSR count). The predicted molar refractivity (Wildman–Crippen MR) is 99.6 cm³/mol. The first-order valence-electron chi connectivity index (χ1n) is 9.27. The average Bonchev–Trinajstić information content (AvgIpc) is 3.12. The number of likely N-dealkylation sites (tertiary alicyclic amines) is 1. The number of carbonyl (C=O) groups excluding carboxylic acids is 1. The van der Waals surface area contributed by atoms with Crippen molar-refractivity contribution < 1.29 is 18.8 Å². The molecule has 1 aromatic heterocycles. The summed E-state index contributed by atoms with van der Waals surface area (Å²) in [5.41, 5.74) is 0.752. The Hall–Kier alpha value is -2.61. The zero-order chi connectivity index (χ0) is 19.2. The highest BCUT2D eigenvalue weighted by Crippen LogP contribution is 2.30. The number of hydrogen-bond acceptors (Lipinski definition) is 6. The molecule has 0 spiro atoms. The largest absolute Gasteiger partial charge is 0.486 e. The van der Waals surface area contributed by atoms with Crippen molar-refractivity contribution in [3.05, 3.63) is 30.1 Å². The minimum absolute atomic E-state index is 0.0402. The van der Waals surface area contributed by atoms with Gasteiger partial charge in [0, 0.05) is 26.6 Å². The van der Waals surface area contributed by atoms with Crippen LogP contribution in [0.15, 0.2) is 28.8 Å². The van der Waals surface area contributed by atoms with E-state index in [-0.39, 0.29) is 12.1 Å². The van der Waals surface area contributed by atoms with Crippen LogP contribution in [0.2, 0.25) is 0 Å². The van der Waals surface area contributed by atoms with Crippen LogP contribution in [0.3, 0.4) is 0 Å². The molecule has 2 heterocycles. The van der Waals surface area contributed by atoms with Crippen molar-refractivity contribution in [2.45, 2.75) is 26.4 Å². The van der Waals surface area contributed by atoms with Crippen LogP contribution >= 0.6 is 0 Å². The first kappa shape index (κ1) is 19.2. The lowest BCUT2D eigenvalue weighted by Gasteiger charge is -2.41. The number of amides is 2. The molecule has 2 amide bonds. The molecule has 0 N–H and O–H groups in total. The SMILES string of the molecule is CCN(CC)C(=O)N1CC(Oc2ccccc2-c2nc(CCOC)no2)C1. The predicted octanol–water partition coefficient (Wildman–Crippen LogP) is 2.45. The fourth-order valence-electron chi connectivity index (χ4n) is 2.95. The van der Waals surface area contributed by atoms with E-state index in [1.54, 1.807) is 12.0 Å². The Bertz CT molecular complexity index is 754. The van der Waals surface area contributed by atoms with Gasteiger partial charge in [-0.05, 0) is 26.0 Å². The highest BCUT2D eigenvalue weighted by Gasteiger charge is 2.34. The third-order valence-corrected chi connectivity index (χ3v) is 4.56. The second-order valence-electron chi connectivity index (χ2n) is 6.35. The summed E-state index contributed by atoms with van der Waals surface area (Å²) in [7, 11) is 1.64. The van der Waals surface area contributed by atoms with Crippen LogP contribution in [0.5, 0.6) is 5.75 Å². The molecule has 2 aromatic rings. The van der Waals surface area contributed by atoms with E-state index in [9.17, 15) is 4.79 Å². The quantitative estimate of drug-likeness (QED) is 0.706. The minimum atomic E-state index is -0.0402. The molecule has 8 nitrogen and oxygen atoms in total. The molecule has 1 aromatic carbocycles. The number of ether oxygens (including phenoxy) is 2. The maximum absolute atomic E-state index is 12.3. The summed E-state index contributed by atoms with van der Waals surface area (Å²) in [6, 6.07) is 7.63. The number of benzene rings is 1. The average molecular weight is 374 g/mol. The number of para-hydroxylation sites is 1. The monoisotopic (exact) mass is 374 g/mol. The van der Waals surface area contributed by atoms with Crippen molar-refractivity contribution in [1.82, 2.24) is 19.9 Å². The number of urea groups is 1. The second kappa shape index (κ2) is 8.85. The molecular formula is C19H26N4O4. The molecule has 0 bridgehead atoms. The van der Waals surface area contributed by atoms with Crippen molar-refractivity contribution >= 4 is 6.03 Å². The van der Waals surface area contributed by atoms with Crippen molar-refractivity contribution in [2.24, 2.45) is 0 Å². The molecule has 0 aliphatic carbocycles.